The van der Waals surface area contributed by atoms with Gasteiger partial charge in [-0.15, -0.1) is 0 Å². The molecular weight excluding hydrogens is 260 g/mol. The van der Waals surface area contributed by atoms with Gasteiger partial charge in [-0.1, -0.05) is 42.2 Å². The molecule has 21 heavy (non-hydrogen) atoms. The quantitative estimate of drug-likeness (QED) is 0.291. The molecule has 0 aliphatic carbocycles. The van der Waals surface area contributed by atoms with E-state index in [1.54, 1.807) is 6.08 Å². The molecule has 0 saturated carbocycles. The molecule has 0 aliphatic heterocycles. The highest BCUT2D eigenvalue weighted by atomic mass is 16.5. The third kappa shape index (κ3) is 12.2. The van der Waals surface area contributed by atoms with E-state index in [0.717, 1.165) is 38.5 Å². The maximum absolute atomic E-state index is 11.5. The first kappa shape index (κ1) is 19.7. The van der Waals surface area contributed by atoms with Gasteiger partial charge in [-0.05, 0) is 59.8 Å². The van der Waals surface area contributed by atoms with Gasteiger partial charge < -0.3 is 4.74 Å². The zero-order valence-corrected chi connectivity index (χ0v) is 14.5. The fraction of sp³-hybridized carbons (Fsp3) is 0.632. The van der Waals surface area contributed by atoms with E-state index in [4.69, 9.17) is 4.74 Å². The fourth-order valence-electron chi connectivity index (χ4n) is 2.14. The molecule has 2 heteroatoms. The van der Waals surface area contributed by atoms with Crippen LogP contribution in [0.4, 0.5) is 0 Å². The van der Waals surface area contributed by atoms with Gasteiger partial charge in [0, 0.05) is 6.08 Å². The summed E-state index contributed by atoms with van der Waals surface area (Å²) in [5, 5.41) is 0. The minimum absolute atomic E-state index is 0.204. The summed E-state index contributed by atoms with van der Waals surface area (Å²) < 4.78 is 4.98. The molecule has 0 spiro atoms. The lowest BCUT2D eigenvalue weighted by atomic mass is 10.0. The molecule has 0 amide bonds. The highest BCUT2D eigenvalue weighted by molar-refractivity contribution is 5.82. The van der Waals surface area contributed by atoms with Gasteiger partial charge in [0.1, 0.15) is 0 Å². The molecule has 0 aromatic rings. The minimum Gasteiger partial charge on any atom is -0.463 e. The van der Waals surface area contributed by atoms with Crippen LogP contribution in [0.15, 0.2) is 34.9 Å². The normalized spacial score (nSPS) is 12.2. The lowest BCUT2D eigenvalue weighted by Crippen LogP contribution is -2.01. The van der Waals surface area contributed by atoms with Gasteiger partial charge in [0.15, 0.2) is 0 Å². The Bertz CT molecular complexity index is 382. The Kier molecular flexibility index (Phi) is 11.7. The predicted octanol–water partition coefficient (Wildman–Crippen LogP) is 5.75. The number of carbonyl (C=O) groups is 1. The van der Waals surface area contributed by atoms with Gasteiger partial charge in [0.25, 0.3) is 0 Å². The summed E-state index contributed by atoms with van der Waals surface area (Å²) in [4.78, 5) is 11.5. The Balaban J connectivity index is 4.29. The molecule has 0 aromatic heterocycles. The number of esters is 1. The van der Waals surface area contributed by atoms with Crippen LogP contribution in [0.25, 0.3) is 0 Å². The molecular formula is C19H32O2. The van der Waals surface area contributed by atoms with Crippen LogP contribution in [-0.4, -0.2) is 12.6 Å². The lowest BCUT2D eigenvalue weighted by molar-refractivity contribution is -0.137. The highest BCUT2D eigenvalue weighted by Gasteiger charge is 2.02. The van der Waals surface area contributed by atoms with Gasteiger partial charge in [0.05, 0.1) is 6.61 Å². The standard InChI is InChI=1S/C19H32O2/c1-6-10-18(15-19(20)21-7-2)14-9-13-17(5)12-8-11-16(3)4/h11,13,15H,6-10,12,14H2,1-5H3/b17-13+,18-15+. The molecule has 0 N–H and O–H groups in total. The van der Waals surface area contributed by atoms with E-state index in [9.17, 15) is 4.79 Å². The van der Waals surface area contributed by atoms with Crippen molar-refractivity contribution in [3.8, 4) is 0 Å². The van der Waals surface area contributed by atoms with E-state index in [1.807, 2.05) is 6.92 Å². The number of ether oxygens (including phenoxy) is 1. The third-order valence-electron chi connectivity index (χ3n) is 3.23. The number of rotatable bonds is 10. The van der Waals surface area contributed by atoms with Gasteiger partial charge in [-0.3, -0.25) is 0 Å². The van der Waals surface area contributed by atoms with Crippen molar-refractivity contribution < 1.29 is 9.53 Å². The highest BCUT2D eigenvalue weighted by Crippen LogP contribution is 2.15. The number of allylic oxidation sites excluding steroid dienone is 5. The first-order valence-electron chi connectivity index (χ1n) is 8.14. The summed E-state index contributed by atoms with van der Waals surface area (Å²) in [6.45, 7) is 10.9. The van der Waals surface area contributed by atoms with Crippen molar-refractivity contribution in [2.75, 3.05) is 6.61 Å². The Labute approximate surface area is 131 Å². The van der Waals surface area contributed by atoms with Gasteiger partial charge >= 0.3 is 5.97 Å². The van der Waals surface area contributed by atoms with Crippen molar-refractivity contribution in [2.45, 2.75) is 73.1 Å². The Morgan fingerprint density at radius 1 is 0.952 bits per heavy atom. The van der Waals surface area contributed by atoms with E-state index < -0.39 is 0 Å². The second-order valence-electron chi connectivity index (χ2n) is 5.71. The molecule has 2 nitrogen and oxygen atoms in total. The molecule has 0 saturated heterocycles. The monoisotopic (exact) mass is 292 g/mol. The van der Waals surface area contributed by atoms with Gasteiger partial charge in [0.2, 0.25) is 0 Å². The molecule has 120 valence electrons. The molecule has 0 rings (SSSR count). The number of hydrogen-bond donors (Lipinski definition) is 0. The van der Waals surface area contributed by atoms with E-state index in [1.165, 1.54) is 16.7 Å². The molecule has 0 heterocycles. The zero-order chi connectivity index (χ0) is 16.1. The summed E-state index contributed by atoms with van der Waals surface area (Å²) in [6, 6.07) is 0. The van der Waals surface area contributed by atoms with Crippen LogP contribution in [0, 0.1) is 0 Å². The Morgan fingerprint density at radius 2 is 1.62 bits per heavy atom. The van der Waals surface area contributed by atoms with Crippen molar-refractivity contribution in [1.29, 1.82) is 0 Å². The maximum atomic E-state index is 11.5. The predicted molar refractivity (Wildman–Crippen MR) is 91.3 cm³/mol. The SMILES string of the molecule is CCC/C(=C\C(=O)OCC)CC/C=C(\C)CCC=C(C)C. The Hall–Kier alpha value is -1.31. The van der Waals surface area contributed by atoms with E-state index in [-0.39, 0.29) is 5.97 Å². The van der Waals surface area contributed by atoms with Crippen molar-refractivity contribution >= 4 is 5.97 Å². The average Bonchev–Trinajstić information content (AvgIpc) is 2.38. The van der Waals surface area contributed by atoms with Crippen LogP contribution in [0.3, 0.4) is 0 Å². The van der Waals surface area contributed by atoms with Crippen LogP contribution in [0.1, 0.15) is 73.1 Å². The van der Waals surface area contributed by atoms with Crippen LogP contribution in [-0.2, 0) is 9.53 Å². The molecule has 0 aromatic carbocycles. The van der Waals surface area contributed by atoms with Crippen LogP contribution >= 0.6 is 0 Å². The summed E-state index contributed by atoms with van der Waals surface area (Å²) in [7, 11) is 0. The topological polar surface area (TPSA) is 26.3 Å². The van der Waals surface area contributed by atoms with E-state index in [2.05, 4.69) is 39.8 Å². The van der Waals surface area contributed by atoms with Crippen molar-refractivity contribution in [3.63, 3.8) is 0 Å². The average molecular weight is 292 g/mol. The first-order valence-corrected chi connectivity index (χ1v) is 8.14. The summed E-state index contributed by atoms with van der Waals surface area (Å²) in [5.74, 6) is -0.204. The lowest BCUT2D eigenvalue weighted by Gasteiger charge is -2.05. The Morgan fingerprint density at radius 3 is 2.19 bits per heavy atom. The summed E-state index contributed by atoms with van der Waals surface area (Å²) >= 11 is 0. The molecule has 0 fully saturated rings. The number of carbonyl (C=O) groups excluding carboxylic acids is 1. The number of hydrogen-bond acceptors (Lipinski definition) is 2. The fourth-order valence-corrected chi connectivity index (χ4v) is 2.14. The summed E-state index contributed by atoms with van der Waals surface area (Å²) in [5.41, 5.74) is 4.01. The molecule has 0 aliphatic rings. The molecule has 0 atom stereocenters. The summed E-state index contributed by atoms with van der Waals surface area (Å²) in [6.07, 6.45) is 12.5. The second kappa shape index (κ2) is 12.4. The smallest absolute Gasteiger partial charge is 0.330 e. The van der Waals surface area contributed by atoms with Gasteiger partial charge in [-0.2, -0.15) is 0 Å². The maximum Gasteiger partial charge on any atom is 0.330 e. The van der Waals surface area contributed by atoms with E-state index in [0.29, 0.717) is 6.61 Å². The van der Waals surface area contributed by atoms with Crippen molar-refractivity contribution in [2.24, 2.45) is 0 Å². The van der Waals surface area contributed by atoms with Crippen molar-refractivity contribution in [1.82, 2.24) is 0 Å². The zero-order valence-electron chi connectivity index (χ0n) is 14.5. The first-order chi connectivity index (χ1) is 9.99. The largest absolute Gasteiger partial charge is 0.463 e. The molecule has 0 unspecified atom stereocenters. The van der Waals surface area contributed by atoms with Gasteiger partial charge in [-0.25, -0.2) is 4.79 Å². The van der Waals surface area contributed by atoms with E-state index >= 15 is 0 Å². The van der Waals surface area contributed by atoms with Crippen molar-refractivity contribution in [3.05, 3.63) is 34.9 Å². The van der Waals surface area contributed by atoms with Crippen LogP contribution < -0.4 is 0 Å². The van der Waals surface area contributed by atoms with Crippen LogP contribution in [0.5, 0.6) is 0 Å². The second-order valence-corrected chi connectivity index (χ2v) is 5.71. The molecule has 0 radical (unpaired) electrons. The third-order valence-corrected chi connectivity index (χ3v) is 3.23. The van der Waals surface area contributed by atoms with Crippen LogP contribution in [0.2, 0.25) is 0 Å². The minimum atomic E-state index is -0.204. The molecule has 0 bridgehead atoms.